The van der Waals surface area contributed by atoms with E-state index in [9.17, 15) is 4.79 Å². The van der Waals surface area contributed by atoms with E-state index in [0.717, 1.165) is 35.9 Å². The summed E-state index contributed by atoms with van der Waals surface area (Å²) in [5.41, 5.74) is 1.62. The minimum atomic E-state index is -0.0454. The summed E-state index contributed by atoms with van der Waals surface area (Å²) in [6.45, 7) is 9.14. The van der Waals surface area contributed by atoms with Gasteiger partial charge in [-0.25, -0.2) is 0 Å². The highest BCUT2D eigenvalue weighted by Crippen LogP contribution is 2.23. The molecule has 0 bridgehead atoms. The van der Waals surface area contributed by atoms with Crippen LogP contribution in [-0.4, -0.2) is 48.8 Å². The van der Waals surface area contributed by atoms with Crippen molar-refractivity contribution in [1.82, 2.24) is 15.4 Å². The van der Waals surface area contributed by atoms with E-state index in [-0.39, 0.29) is 18.4 Å². The highest BCUT2D eigenvalue weighted by atomic mass is 16.5. The van der Waals surface area contributed by atoms with Gasteiger partial charge in [-0.2, -0.15) is 0 Å². The van der Waals surface area contributed by atoms with Gasteiger partial charge in [0.05, 0.1) is 31.4 Å². The molecule has 136 valence electrons. The van der Waals surface area contributed by atoms with Gasteiger partial charge < -0.3 is 19.0 Å². The Labute approximate surface area is 147 Å². The summed E-state index contributed by atoms with van der Waals surface area (Å²) in [5.74, 6) is 2.39. The fourth-order valence-electron chi connectivity index (χ4n) is 3.12. The second-order valence-corrected chi connectivity index (χ2v) is 6.40. The van der Waals surface area contributed by atoms with Crippen LogP contribution in [0.15, 0.2) is 21.1 Å². The van der Waals surface area contributed by atoms with Gasteiger partial charge in [0, 0.05) is 25.2 Å². The Hall–Kier alpha value is -2.12. The fraction of sp³-hybridized carbons (Fsp3) is 0.556. The molecule has 1 amide bonds. The summed E-state index contributed by atoms with van der Waals surface area (Å²) in [6.07, 6.45) is 0.272. The Morgan fingerprint density at radius 1 is 1.28 bits per heavy atom. The quantitative estimate of drug-likeness (QED) is 0.860. The number of carbonyl (C=O) groups is 1. The highest BCUT2D eigenvalue weighted by Gasteiger charge is 2.26. The predicted octanol–water partition coefficient (Wildman–Crippen LogP) is 1.93. The van der Waals surface area contributed by atoms with Crippen LogP contribution in [0.2, 0.25) is 0 Å². The smallest absolute Gasteiger partial charge is 0.224 e. The van der Waals surface area contributed by atoms with Gasteiger partial charge in [0.25, 0.3) is 0 Å². The molecule has 1 N–H and O–H groups in total. The van der Waals surface area contributed by atoms with Crippen LogP contribution in [0.3, 0.4) is 0 Å². The van der Waals surface area contributed by atoms with Gasteiger partial charge in [-0.05, 0) is 32.9 Å². The molecule has 0 radical (unpaired) electrons. The topological polar surface area (TPSA) is 80.7 Å². The number of hydrogen-bond acceptors (Lipinski definition) is 6. The first-order valence-corrected chi connectivity index (χ1v) is 8.61. The molecule has 1 saturated heterocycles. The minimum absolute atomic E-state index is 0.00576. The number of aromatic nitrogens is 1. The predicted molar refractivity (Wildman–Crippen MR) is 91.3 cm³/mol. The Balaban J connectivity index is 1.64. The number of nitrogens with one attached hydrogen (secondary N) is 1. The van der Waals surface area contributed by atoms with Crippen molar-refractivity contribution in [1.29, 1.82) is 0 Å². The molecule has 1 aliphatic rings. The number of ether oxygens (including phenoxy) is 1. The number of morpholine rings is 1. The molecule has 2 aromatic rings. The van der Waals surface area contributed by atoms with Gasteiger partial charge in [-0.3, -0.25) is 9.69 Å². The lowest BCUT2D eigenvalue weighted by Crippen LogP contribution is -2.44. The van der Waals surface area contributed by atoms with Crippen LogP contribution in [0.5, 0.6) is 0 Å². The van der Waals surface area contributed by atoms with E-state index in [1.54, 1.807) is 0 Å². The summed E-state index contributed by atoms with van der Waals surface area (Å²) >= 11 is 0. The highest BCUT2D eigenvalue weighted by molar-refractivity contribution is 5.79. The van der Waals surface area contributed by atoms with E-state index in [1.165, 1.54) is 0 Å². The molecule has 1 fully saturated rings. The van der Waals surface area contributed by atoms with Gasteiger partial charge in [0.2, 0.25) is 5.91 Å². The molecule has 1 atom stereocenters. The molecule has 3 rings (SSSR count). The molecule has 2 aromatic heterocycles. The monoisotopic (exact) mass is 347 g/mol. The summed E-state index contributed by atoms with van der Waals surface area (Å²) < 4.78 is 16.4. The fourth-order valence-corrected chi connectivity index (χ4v) is 3.12. The third kappa shape index (κ3) is 4.29. The van der Waals surface area contributed by atoms with Crippen LogP contribution < -0.4 is 5.32 Å². The van der Waals surface area contributed by atoms with E-state index in [2.05, 4.69) is 15.4 Å². The minimum Gasteiger partial charge on any atom is -0.465 e. The SMILES string of the molecule is Cc1ccc([C@H](CNC(=O)Cc2c(C)noc2C)N2CCOCC2)o1. The Kier molecular flexibility index (Phi) is 5.55. The normalized spacial score (nSPS) is 16.8. The molecule has 25 heavy (non-hydrogen) atoms. The summed E-state index contributed by atoms with van der Waals surface area (Å²) in [4.78, 5) is 14.7. The number of aryl methyl sites for hydroxylation is 3. The van der Waals surface area contributed by atoms with Gasteiger partial charge in [-0.1, -0.05) is 5.16 Å². The first kappa shape index (κ1) is 17.7. The number of rotatable bonds is 6. The second kappa shape index (κ2) is 7.84. The number of carbonyl (C=O) groups excluding carboxylic acids is 1. The van der Waals surface area contributed by atoms with Crippen molar-refractivity contribution in [2.24, 2.45) is 0 Å². The molecule has 0 aliphatic carbocycles. The molecule has 3 heterocycles. The van der Waals surface area contributed by atoms with E-state index >= 15 is 0 Å². The van der Waals surface area contributed by atoms with Crippen molar-refractivity contribution in [2.75, 3.05) is 32.8 Å². The van der Waals surface area contributed by atoms with Crippen LogP contribution in [0.1, 0.15) is 34.6 Å². The Bertz CT molecular complexity index is 696. The zero-order valence-corrected chi connectivity index (χ0v) is 15.0. The summed E-state index contributed by atoms with van der Waals surface area (Å²) in [7, 11) is 0. The molecule has 7 heteroatoms. The average Bonchev–Trinajstić information content (AvgIpc) is 3.17. The summed E-state index contributed by atoms with van der Waals surface area (Å²) in [5, 5.41) is 6.93. The van der Waals surface area contributed by atoms with Gasteiger partial charge in [0.15, 0.2) is 0 Å². The van der Waals surface area contributed by atoms with Gasteiger partial charge >= 0.3 is 0 Å². The van der Waals surface area contributed by atoms with E-state index in [0.29, 0.717) is 25.5 Å². The molecule has 7 nitrogen and oxygen atoms in total. The first-order chi connectivity index (χ1) is 12.0. The average molecular weight is 347 g/mol. The van der Waals surface area contributed by atoms with Crippen molar-refractivity contribution >= 4 is 5.91 Å². The molecule has 0 unspecified atom stereocenters. The van der Waals surface area contributed by atoms with E-state index < -0.39 is 0 Å². The van der Waals surface area contributed by atoms with Crippen molar-refractivity contribution in [3.05, 3.63) is 40.7 Å². The lowest BCUT2D eigenvalue weighted by molar-refractivity contribution is -0.120. The molecule has 1 aliphatic heterocycles. The lowest BCUT2D eigenvalue weighted by atomic mass is 10.1. The molecule has 0 aromatic carbocycles. The third-order valence-electron chi connectivity index (χ3n) is 4.59. The largest absolute Gasteiger partial charge is 0.465 e. The Morgan fingerprint density at radius 2 is 2.04 bits per heavy atom. The number of furan rings is 1. The van der Waals surface area contributed by atoms with E-state index in [1.807, 2.05) is 32.9 Å². The number of amides is 1. The number of hydrogen-bond donors (Lipinski definition) is 1. The zero-order chi connectivity index (χ0) is 17.8. The van der Waals surface area contributed by atoms with Crippen LogP contribution in [-0.2, 0) is 16.0 Å². The summed E-state index contributed by atoms with van der Waals surface area (Å²) in [6, 6.07) is 3.94. The standard InChI is InChI=1S/C18H25N3O4/c1-12-4-5-17(24-12)16(21-6-8-23-9-7-21)11-19-18(22)10-15-13(2)20-25-14(15)3/h4-5,16H,6-11H2,1-3H3,(H,19,22)/t16-/m0/s1. The van der Waals surface area contributed by atoms with Gasteiger partial charge in [0.1, 0.15) is 17.3 Å². The lowest BCUT2D eigenvalue weighted by Gasteiger charge is -2.33. The van der Waals surface area contributed by atoms with Crippen LogP contribution in [0.25, 0.3) is 0 Å². The van der Waals surface area contributed by atoms with E-state index in [4.69, 9.17) is 13.7 Å². The van der Waals surface area contributed by atoms with Crippen molar-refractivity contribution in [3.8, 4) is 0 Å². The first-order valence-electron chi connectivity index (χ1n) is 8.61. The molecular weight excluding hydrogens is 322 g/mol. The van der Waals surface area contributed by atoms with Crippen molar-refractivity contribution in [3.63, 3.8) is 0 Å². The maximum atomic E-state index is 12.4. The maximum Gasteiger partial charge on any atom is 0.224 e. The molecular formula is C18H25N3O4. The van der Waals surface area contributed by atoms with Gasteiger partial charge in [-0.15, -0.1) is 0 Å². The van der Waals surface area contributed by atoms with Crippen molar-refractivity contribution < 1.29 is 18.5 Å². The van der Waals surface area contributed by atoms with Crippen molar-refractivity contribution in [2.45, 2.75) is 33.2 Å². The second-order valence-electron chi connectivity index (χ2n) is 6.40. The zero-order valence-electron chi connectivity index (χ0n) is 15.0. The van der Waals surface area contributed by atoms with Crippen LogP contribution >= 0.6 is 0 Å². The Morgan fingerprint density at radius 3 is 2.64 bits per heavy atom. The van der Waals surface area contributed by atoms with Crippen LogP contribution in [0.4, 0.5) is 0 Å². The molecule has 0 saturated carbocycles. The number of nitrogens with zero attached hydrogens (tertiary/aromatic N) is 2. The van der Waals surface area contributed by atoms with Crippen LogP contribution in [0, 0.1) is 20.8 Å². The molecule has 0 spiro atoms. The maximum absolute atomic E-state index is 12.4. The third-order valence-corrected chi connectivity index (χ3v) is 4.59.